The van der Waals surface area contributed by atoms with Gasteiger partial charge in [0.25, 0.3) is 0 Å². The van der Waals surface area contributed by atoms with Crippen LogP contribution in [0.1, 0.15) is 63.0 Å². The van der Waals surface area contributed by atoms with Crippen LogP contribution in [0.4, 0.5) is 0 Å². The van der Waals surface area contributed by atoms with Gasteiger partial charge in [0.05, 0.1) is 17.8 Å². The lowest BCUT2D eigenvalue weighted by Gasteiger charge is -2.18. The minimum absolute atomic E-state index is 0.190. The third kappa shape index (κ3) is 2.84. The van der Waals surface area contributed by atoms with Crippen LogP contribution in [0.5, 0.6) is 0 Å². The zero-order valence-corrected chi connectivity index (χ0v) is 12.4. The molecule has 0 spiro atoms. The highest BCUT2D eigenvalue weighted by molar-refractivity contribution is 5.27. The summed E-state index contributed by atoms with van der Waals surface area (Å²) in [5, 5.41) is 18.3. The Labute approximate surface area is 116 Å². The molecule has 0 amide bonds. The van der Waals surface area contributed by atoms with Crippen molar-refractivity contribution in [2.45, 2.75) is 71.6 Å². The van der Waals surface area contributed by atoms with Gasteiger partial charge in [-0.05, 0) is 38.6 Å². The fourth-order valence-corrected chi connectivity index (χ4v) is 3.15. The van der Waals surface area contributed by atoms with Crippen LogP contribution in [0.3, 0.4) is 0 Å². The molecule has 1 fully saturated rings. The van der Waals surface area contributed by atoms with Crippen molar-refractivity contribution in [3.63, 3.8) is 0 Å². The number of hydrogen-bond acceptors (Lipinski definition) is 3. The molecule has 108 valence electrons. The summed E-state index contributed by atoms with van der Waals surface area (Å²) in [4.78, 5) is 0. The van der Waals surface area contributed by atoms with Crippen LogP contribution in [0.15, 0.2) is 0 Å². The van der Waals surface area contributed by atoms with Gasteiger partial charge in [0.15, 0.2) is 0 Å². The third-order valence-corrected chi connectivity index (χ3v) is 4.18. The van der Waals surface area contributed by atoms with E-state index < -0.39 is 0 Å². The van der Waals surface area contributed by atoms with E-state index in [4.69, 9.17) is 5.10 Å². The summed E-state index contributed by atoms with van der Waals surface area (Å²) in [5.41, 5.74) is 3.85. The molecule has 1 aromatic rings. The van der Waals surface area contributed by atoms with Crippen molar-refractivity contribution >= 4 is 0 Å². The fraction of sp³-hybridized carbons (Fsp3) is 0.800. The van der Waals surface area contributed by atoms with Crippen LogP contribution >= 0.6 is 0 Å². The largest absolute Gasteiger partial charge is 0.391 e. The quantitative estimate of drug-likeness (QED) is 0.829. The Morgan fingerprint density at radius 1 is 1.26 bits per heavy atom. The van der Waals surface area contributed by atoms with Crippen molar-refractivity contribution in [1.29, 1.82) is 0 Å². The van der Waals surface area contributed by atoms with E-state index in [-0.39, 0.29) is 12.1 Å². The van der Waals surface area contributed by atoms with E-state index in [9.17, 15) is 5.11 Å². The summed E-state index contributed by atoms with van der Waals surface area (Å²) in [6.45, 7) is 8.34. The predicted molar refractivity (Wildman–Crippen MR) is 77.3 cm³/mol. The molecule has 1 aliphatic carbocycles. The number of aliphatic hydroxyl groups excluding tert-OH is 1. The number of hydrogen-bond donors (Lipinski definition) is 2. The molecule has 1 aliphatic rings. The van der Waals surface area contributed by atoms with Crippen molar-refractivity contribution < 1.29 is 5.11 Å². The minimum Gasteiger partial charge on any atom is -0.391 e. The molecule has 0 saturated heterocycles. The Kier molecular flexibility index (Phi) is 4.99. The lowest BCUT2D eigenvalue weighted by molar-refractivity contribution is 0.128. The fourth-order valence-electron chi connectivity index (χ4n) is 3.15. The molecule has 1 aromatic heterocycles. The van der Waals surface area contributed by atoms with Crippen molar-refractivity contribution in [2.24, 2.45) is 0 Å². The van der Waals surface area contributed by atoms with Crippen molar-refractivity contribution in [3.8, 4) is 0 Å². The summed E-state index contributed by atoms with van der Waals surface area (Å²) in [7, 11) is 0. The third-order valence-electron chi connectivity index (χ3n) is 4.18. The van der Waals surface area contributed by atoms with Gasteiger partial charge in [-0.2, -0.15) is 5.10 Å². The summed E-state index contributed by atoms with van der Waals surface area (Å²) >= 11 is 0. The van der Waals surface area contributed by atoms with Gasteiger partial charge >= 0.3 is 0 Å². The normalized spacial score (nSPS) is 23.2. The van der Waals surface area contributed by atoms with Crippen LogP contribution in [0, 0.1) is 0 Å². The van der Waals surface area contributed by atoms with E-state index in [0.29, 0.717) is 0 Å². The Morgan fingerprint density at radius 2 is 2.05 bits per heavy atom. The molecule has 2 unspecified atom stereocenters. The summed E-state index contributed by atoms with van der Waals surface area (Å²) in [6.07, 6.45) is 4.80. The average molecular weight is 265 g/mol. The first-order valence-corrected chi connectivity index (χ1v) is 7.70. The number of aryl methyl sites for hydroxylation is 1. The Morgan fingerprint density at radius 3 is 2.58 bits per heavy atom. The second kappa shape index (κ2) is 6.53. The first-order valence-electron chi connectivity index (χ1n) is 7.70. The van der Waals surface area contributed by atoms with E-state index in [2.05, 4.69) is 30.8 Å². The maximum Gasteiger partial charge on any atom is 0.0781 e. The molecule has 0 aliphatic heterocycles. The molecule has 1 heterocycles. The molecule has 4 heteroatoms. The highest BCUT2D eigenvalue weighted by Gasteiger charge is 2.30. The Balaban J connectivity index is 2.34. The molecule has 0 aromatic carbocycles. The highest BCUT2D eigenvalue weighted by atomic mass is 16.3. The number of nitrogens with zero attached hydrogens (tertiary/aromatic N) is 2. The monoisotopic (exact) mass is 265 g/mol. The first kappa shape index (κ1) is 14.5. The average Bonchev–Trinajstić information content (AvgIpc) is 2.98. The number of nitrogens with one attached hydrogen (secondary N) is 1. The molecule has 4 nitrogen and oxygen atoms in total. The van der Waals surface area contributed by atoms with E-state index in [1.54, 1.807) is 0 Å². The highest BCUT2D eigenvalue weighted by Crippen LogP contribution is 2.32. The molecule has 0 bridgehead atoms. The van der Waals surface area contributed by atoms with E-state index in [1.807, 2.05) is 0 Å². The van der Waals surface area contributed by atoms with Crippen LogP contribution < -0.4 is 5.32 Å². The lowest BCUT2D eigenvalue weighted by atomic mass is 10.1. The number of aliphatic hydroxyl groups is 1. The molecular weight excluding hydrogens is 238 g/mol. The molecule has 2 atom stereocenters. The SMILES string of the molecule is CCNCc1c(CC)nn(C2CCCC2O)c1CC. The second-order valence-electron chi connectivity index (χ2n) is 5.37. The lowest BCUT2D eigenvalue weighted by Crippen LogP contribution is -2.22. The standard InChI is InChI=1S/C15H27N3O/c1-4-12-11(10-16-6-3)13(5-2)18(17-12)14-8-7-9-15(14)19/h14-16,19H,4-10H2,1-3H3. The van der Waals surface area contributed by atoms with Crippen LogP contribution in [-0.2, 0) is 19.4 Å². The summed E-state index contributed by atoms with van der Waals surface area (Å²) in [5.74, 6) is 0. The zero-order chi connectivity index (χ0) is 13.8. The summed E-state index contributed by atoms with van der Waals surface area (Å²) in [6, 6.07) is 0.190. The van der Waals surface area contributed by atoms with Crippen LogP contribution in [0.25, 0.3) is 0 Å². The zero-order valence-electron chi connectivity index (χ0n) is 12.4. The minimum atomic E-state index is -0.220. The first-order chi connectivity index (χ1) is 9.22. The van der Waals surface area contributed by atoms with Crippen molar-refractivity contribution in [3.05, 3.63) is 17.0 Å². The number of aromatic nitrogens is 2. The van der Waals surface area contributed by atoms with Gasteiger partial charge < -0.3 is 10.4 Å². The van der Waals surface area contributed by atoms with E-state index in [1.165, 1.54) is 17.0 Å². The van der Waals surface area contributed by atoms with E-state index in [0.717, 1.165) is 45.2 Å². The topological polar surface area (TPSA) is 50.1 Å². The maximum atomic E-state index is 10.1. The molecule has 1 saturated carbocycles. The molecule has 2 rings (SSSR count). The van der Waals surface area contributed by atoms with Gasteiger partial charge in [-0.15, -0.1) is 0 Å². The Hall–Kier alpha value is -0.870. The maximum absolute atomic E-state index is 10.1. The molecular formula is C15H27N3O. The molecule has 2 N–H and O–H groups in total. The molecule has 0 radical (unpaired) electrons. The van der Waals surface area contributed by atoms with Gasteiger partial charge in [-0.25, -0.2) is 0 Å². The predicted octanol–water partition coefficient (Wildman–Crippen LogP) is 2.20. The van der Waals surface area contributed by atoms with Gasteiger partial charge in [0.2, 0.25) is 0 Å². The van der Waals surface area contributed by atoms with Gasteiger partial charge in [0.1, 0.15) is 0 Å². The van der Waals surface area contributed by atoms with E-state index >= 15 is 0 Å². The van der Waals surface area contributed by atoms with Crippen LogP contribution in [-0.4, -0.2) is 27.5 Å². The van der Waals surface area contributed by atoms with Crippen LogP contribution in [0.2, 0.25) is 0 Å². The van der Waals surface area contributed by atoms with Crippen molar-refractivity contribution in [1.82, 2.24) is 15.1 Å². The summed E-state index contributed by atoms with van der Waals surface area (Å²) < 4.78 is 2.13. The molecule has 19 heavy (non-hydrogen) atoms. The van der Waals surface area contributed by atoms with Gasteiger partial charge in [-0.1, -0.05) is 20.8 Å². The second-order valence-corrected chi connectivity index (χ2v) is 5.37. The van der Waals surface area contributed by atoms with Gasteiger partial charge in [-0.3, -0.25) is 4.68 Å². The van der Waals surface area contributed by atoms with Crippen molar-refractivity contribution in [2.75, 3.05) is 6.54 Å². The smallest absolute Gasteiger partial charge is 0.0781 e. The number of rotatable bonds is 6. The van der Waals surface area contributed by atoms with Gasteiger partial charge in [0, 0.05) is 17.8 Å². The Bertz CT molecular complexity index is 414.